The fraction of sp³-hybridized carbons (Fsp3) is 0.538. The largest absolute Gasteiger partial charge is 0.350 e. The summed E-state index contributed by atoms with van der Waals surface area (Å²) in [6.07, 6.45) is 9.94. The monoisotopic (exact) mass is 233 g/mol. The minimum Gasteiger partial charge on any atom is -0.350 e. The molecule has 0 aromatic carbocycles. The first kappa shape index (κ1) is 11.9. The molecule has 17 heavy (non-hydrogen) atoms. The third-order valence-electron chi connectivity index (χ3n) is 3.17. The lowest BCUT2D eigenvalue weighted by Gasteiger charge is -2.12. The van der Waals surface area contributed by atoms with Gasteiger partial charge in [0, 0.05) is 6.54 Å². The lowest BCUT2D eigenvalue weighted by Crippen LogP contribution is -2.25. The Morgan fingerprint density at radius 3 is 3.06 bits per heavy atom. The van der Waals surface area contributed by atoms with Crippen LogP contribution in [0.15, 0.2) is 17.8 Å². The molecule has 0 fully saturated rings. The van der Waals surface area contributed by atoms with Crippen molar-refractivity contribution in [3.8, 4) is 0 Å². The highest BCUT2D eigenvalue weighted by Gasteiger charge is 2.10. The number of amides is 1. The van der Waals surface area contributed by atoms with Gasteiger partial charge in [-0.3, -0.25) is 9.89 Å². The van der Waals surface area contributed by atoms with Gasteiger partial charge in [-0.25, -0.2) is 0 Å². The van der Waals surface area contributed by atoms with E-state index in [0.717, 1.165) is 12.0 Å². The maximum absolute atomic E-state index is 11.8. The van der Waals surface area contributed by atoms with E-state index in [9.17, 15) is 4.79 Å². The quantitative estimate of drug-likeness (QED) is 0.784. The molecule has 4 heteroatoms. The maximum Gasteiger partial charge on any atom is 0.269 e. The molecule has 1 amide bonds. The predicted octanol–water partition coefficient (Wildman–Crippen LogP) is 2.34. The van der Waals surface area contributed by atoms with Gasteiger partial charge in [-0.1, -0.05) is 11.6 Å². The standard InChI is InChI=1S/C13H19N3O/c1-10-9-15-16-12(10)13(17)14-8-7-11-5-3-2-4-6-11/h5,9H,2-4,6-8H2,1H3,(H,14,17)(H,15,16). The van der Waals surface area contributed by atoms with Gasteiger partial charge in [0.2, 0.25) is 0 Å². The first-order valence-corrected chi connectivity index (χ1v) is 6.23. The number of hydrogen-bond donors (Lipinski definition) is 2. The van der Waals surface area contributed by atoms with Crippen LogP contribution in [-0.2, 0) is 0 Å². The average molecular weight is 233 g/mol. The van der Waals surface area contributed by atoms with Crippen LogP contribution in [0, 0.1) is 6.92 Å². The highest BCUT2D eigenvalue weighted by molar-refractivity contribution is 5.93. The normalized spacial score (nSPS) is 15.5. The van der Waals surface area contributed by atoms with Crippen molar-refractivity contribution in [3.63, 3.8) is 0 Å². The molecule has 0 radical (unpaired) electrons. The van der Waals surface area contributed by atoms with Crippen molar-refractivity contribution in [2.24, 2.45) is 0 Å². The Morgan fingerprint density at radius 1 is 1.53 bits per heavy atom. The van der Waals surface area contributed by atoms with E-state index in [2.05, 4.69) is 21.6 Å². The van der Waals surface area contributed by atoms with E-state index in [1.54, 1.807) is 6.20 Å². The average Bonchev–Trinajstić information content (AvgIpc) is 2.77. The van der Waals surface area contributed by atoms with E-state index in [0.29, 0.717) is 12.2 Å². The minimum absolute atomic E-state index is 0.0589. The molecule has 1 aliphatic carbocycles. The molecule has 0 saturated carbocycles. The van der Waals surface area contributed by atoms with Gasteiger partial charge < -0.3 is 5.32 Å². The van der Waals surface area contributed by atoms with Crippen molar-refractivity contribution < 1.29 is 4.79 Å². The predicted molar refractivity (Wildman–Crippen MR) is 66.8 cm³/mol. The molecule has 2 N–H and O–H groups in total. The van der Waals surface area contributed by atoms with Gasteiger partial charge in [0.15, 0.2) is 0 Å². The Bertz CT molecular complexity index is 420. The van der Waals surface area contributed by atoms with E-state index in [-0.39, 0.29) is 5.91 Å². The zero-order valence-electron chi connectivity index (χ0n) is 10.3. The highest BCUT2D eigenvalue weighted by atomic mass is 16.1. The van der Waals surface area contributed by atoms with Crippen molar-refractivity contribution >= 4 is 5.91 Å². The Hall–Kier alpha value is -1.58. The number of rotatable bonds is 4. The molecular formula is C13H19N3O. The van der Waals surface area contributed by atoms with Crippen molar-refractivity contribution in [1.29, 1.82) is 0 Å². The van der Waals surface area contributed by atoms with Crippen LogP contribution in [0.3, 0.4) is 0 Å². The summed E-state index contributed by atoms with van der Waals surface area (Å²) in [5.74, 6) is -0.0589. The molecule has 2 rings (SSSR count). The van der Waals surface area contributed by atoms with Crippen LogP contribution in [0.4, 0.5) is 0 Å². The highest BCUT2D eigenvalue weighted by Crippen LogP contribution is 2.19. The smallest absolute Gasteiger partial charge is 0.269 e. The van der Waals surface area contributed by atoms with Gasteiger partial charge in [-0.2, -0.15) is 5.10 Å². The lowest BCUT2D eigenvalue weighted by atomic mass is 9.97. The number of carbonyl (C=O) groups is 1. The number of nitrogens with one attached hydrogen (secondary N) is 2. The number of aromatic nitrogens is 2. The molecular weight excluding hydrogens is 214 g/mol. The number of aryl methyl sites for hydroxylation is 1. The summed E-state index contributed by atoms with van der Waals surface area (Å²) >= 11 is 0. The van der Waals surface area contributed by atoms with E-state index < -0.39 is 0 Å². The molecule has 92 valence electrons. The Kier molecular flexibility index (Phi) is 3.96. The third-order valence-corrected chi connectivity index (χ3v) is 3.17. The first-order chi connectivity index (χ1) is 8.27. The third kappa shape index (κ3) is 3.19. The molecule has 0 saturated heterocycles. The molecule has 4 nitrogen and oxygen atoms in total. The topological polar surface area (TPSA) is 57.8 Å². The van der Waals surface area contributed by atoms with Crippen molar-refractivity contribution in [2.45, 2.75) is 39.0 Å². The zero-order valence-corrected chi connectivity index (χ0v) is 10.3. The summed E-state index contributed by atoms with van der Waals surface area (Å²) in [6.45, 7) is 2.59. The number of hydrogen-bond acceptors (Lipinski definition) is 2. The van der Waals surface area contributed by atoms with Crippen LogP contribution in [0.5, 0.6) is 0 Å². The molecule has 0 atom stereocenters. The van der Waals surface area contributed by atoms with Crippen LogP contribution >= 0.6 is 0 Å². The Morgan fingerprint density at radius 2 is 2.41 bits per heavy atom. The van der Waals surface area contributed by atoms with Crippen molar-refractivity contribution in [2.75, 3.05) is 6.54 Å². The van der Waals surface area contributed by atoms with E-state index in [1.807, 2.05) is 6.92 Å². The molecule has 0 aliphatic heterocycles. The summed E-state index contributed by atoms with van der Waals surface area (Å²) in [5, 5.41) is 9.48. The number of H-pyrrole nitrogens is 1. The van der Waals surface area contributed by atoms with Gasteiger partial charge in [0.1, 0.15) is 5.69 Å². The fourth-order valence-electron chi connectivity index (χ4n) is 2.13. The molecule has 1 aliphatic rings. The van der Waals surface area contributed by atoms with Gasteiger partial charge in [0.25, 0.3) is 5.91 Å². The molecule has 0 spiro atoms. The number of nitrogens with zero attached hydrogens (tertiary/aromatic N) is 1. The summed E-state index contributed by atoms with van der Waals surface area (Å²) in [7, 11) is 0. The zero-order chi connectivity index (χ0) is 12.1. The second-order valence-electron chi connectivity index (χ2n) is 4.54. The summed E-state index contributed by atoms with van der Waals surface area (Å²) in [5.41, 5.74) is 2.94. The van der Waals surface area contributed by atoms with E-state index >= 15 is 0 Å². The summed E-state index contributed by atoms with van der Waals surface area (Å²) in [6, 6.07) is 0. The lowest BCUT2D eigenvalue weighted by molar-refractivity contribution is 0.0948. The van der Waals surface area contributed by atoms with Crippen LogP contribution in [-0.4, -0.2) is 22.6 Å². The van der Waals surface area contributed by atoms with Gasteiger partial charge in [-0.15, -0.1) is 0 Å². The SMILES string of the molecule is Cc1cn[nH]c1C(=O)NCCC1=CCCCC1. The maximum atomic E-state index is 11.8. The Balaban J connectivity index is 1.77. The number of allylic oxidation sites excluding steroid dienone is 1. The van der Waals surface area contributed by atoms with E-state index in [4.69, 9.17) is 0 Å². The Labute approximate surface area is 101 Å². The summed E-state index contributed by atoms with van der Waals surface area (Å²) < 4.78 is 0. The van der Waals surface area contributed by atoms with Gasteiger partial charge in [-0.05, 0) is 44.6 Å². The van der Waals surface area contributed by atoms with Crippen molar-refractivity contribution in [3.05, 3.63) is 29.1 Å². The molecule has 0 unspecified atom stereocenters. The molecule has 0 bridgehead atoms. The minimum atomic E-state index is -0.0589. The van der Waals surface area contributed by atoms with Crippen LogP contribution in [0.2, 0.25) is 0 Å². The number of carbonyl (C=O) groups excluding carboxylic acids is 1. The van der Waals surface area contributed by atoms with Gasteiger partial charge >= 0.3 is 0 Å². The second kappa shape index (κ2) is 5.66. The van der Waals surface area contributed by atoms with Crippen molar-refractivity contribution in [1.82, 2.24) is 15.5 Å². The fourth-order valence-corrected chi connectivity index (χ4v) is 2.13. The molecule has 1 aromatic rings. The summed E-state index contributed by atoms with van der Waals surface area (Å²) in [4.78, 5) is 11.8. The number of aromatic amines is 1. The van der Waals surface area contributed by atoms with Gasteiger partial charge in [0.05, 0.1) is 6.20 Å². The first-order valence-electron chi connectivity index (χ1n) is 6.23. The molecule has 1 heterocycles. The van der Waals surface area contributed by atoms with E-state index in [1.165, 1.54) is 31.3 Å². The molecule has 1 aromatic heterocycles. The second-order valence-corrected chi connectivity index (χ2v) is 4.54. The van der Waals surface area contributed by atoms with Crippen LogP contribution in [0.25, 0.3) is 0 Å². The van der Waals surface area contributed by atoms with Crippen LogP contribution < -0.4 is 5.32 Å². The van der Waals surface area contributed by atoms with Crippen LogP contribution in [0.1, 0.15) is 48.2 Å².